The van der Waals surface area contributed by atoms with Crippen LogP contribution in [0.5, 0.6) is 0 Å². The first-order valence-electron chi connectivity index (χ1n) is 6.11. The van der Waals surface area contributed by atoms with Crippen molar-refractivity contribution in [3.63, 3.8) is 0 Å². The summed E-state index contributed by atoms with van der Waals surface area (Å²) < 4.78 is 62.1. The lowest BCUT2D eigenvalue weighted by molar-refractivity contribution is 0.235. The molecule has 0 atom stereocenters. The highest BCUT2D eigenvalue weighted by Crippen LogP contribution is 2.27. The minimum Gasteiger partial charge on any atom is -0.380 e. The number of anilines is 1. The minimum absolute atomic E-state index is 0.0685. The van der Waals surface area contributed by atoms with Gasteiger partial charge < -0.3 is 5.32 Å². The molecule has 2 rings (SSSR count). The van der Waals surface area contributed by atoms with Crippen molar-refractivity contribution in [3.8, 4) is 0 Å². The fraction of sp³-hybridized carbons (Fsp3) is 0.143. The number of halogens is 4. The van der Waals surface area contributed by atoms with E-state index in [4.69, 9.17) is 0 Å². The van der Waals surface area contributed by atoms with E-state index in [1.54, 1.807) is 0 Å². The summed E-state index contributed by atoms with van der Waals surface area (Å²) in [6, 6.07) is 9.44. The molecular formula is C14H11BrF3NO2S. The maximum absolute atomic E-state index is 13.0. The Morgan fingerprint density at radius 1 is 1.14 bits per heavy atom. The average Bonchev–Trinajstić information content (AvgIpc) is 2.46. The topological polar surface area (TPSA) is 46.2 Å². The Hall–Kier alpha value is -1.54. The number of alkyl halides is 2. The van der Waals surface area contributed by atoms with Crippen molar-refractivity contribution in [3.05, 3.63) is 58.3 Å². The molecule has 0 aromatic heterocycles. The first kappa shape index (κ1) is 16.8. The van der Waals surface area contributed by atoms with Crippen molar-refractivity contribution in [2.24, 2.45) is 0 Å². The van der Waals surface area contributed by atoms with Crippen molar-refractivity contribution in [1.82, 2.24) is 0 Å². The highest BCUT2D eigenvalue weighted by atomic mass is 79.9. The maximum atomic E-state index is 13.0. The quantitative estimate of drug-likeness (QED) is 0.827. The van der Waals surface area contributed by atoms with Gasteiger partial charge in [0.2, 0.25) is 9.84 Å². The first-order valence-corrected chi connectivity index (χ1v) is 8.45. The molecule has 0 saturated carbocycles. The molecule has 0 amide bonds. The Kier molecular flexibility index (Phi) is 5.12. The summed E-state index contributed by atoms with van der Waals surface area (Å²) in [5.74, 6) is -3.91. The number of para-hydroxylation sites is 1. The standard InChI is InChI=1S/C14H11BrF3NO2S/c15-11-7-10(16)6-5-9(11)8-19-12-3-1-2-4-13(12)22(20,21)14(17)18/h1-7,14,19H,8H2. The number of hydrogen-bond acceptors (Lipinski definition) is 3. The molecule has 0 radical (unpaired) electrons. The van der Waals surface area contributed by atoms with Gasteiger partial charge in [0.1, 0.15) is 5.82 Å². The fourth-order valence-electron chi connectivity index (χ4n) is 1.81. The van der Waals surface area contributed by atoms with Crippen molar-refractivity contribution in [2.75, 3.05) is 5.32 Å². The SMILES string of the molecule is O=S(=O)(c1ccccc1NCc1ccc(F)cc1Br)C(F)F. The van der Waals surface area contributed by atoms with E-state index in [1.165, 1.54) is 36.4 Å². The van der Waals surface area contributed by atoms with Crippen LogP contribution in [0.4, 0.5) is 18.9 Å². The molecule has 2 aromatic carbocycles. The van der Waals surface area contributed by atoms with E-state index in [1.807, 2.05) is 0 Å². The van der Waals surface area contributed by atoms with Crippen LogP contribution in [0.2, 0.25) is 0 Å². The summed E-state index contributed by atoms with van der Waals surface area (Å²) in [4.78, 5) is -0.469. The largest absolute Gasteiger partial charge is 0.380 e. The third-order valence-corrected chi connectivity index (χ3v) is 5.09. The minimum atomic E-state index is -4.70. The molecular weight excluding hydrogens is 383 g/mol. The van der Waals surface area contributed by atoms with E-state index in [-0.39, 0.29) is 12.2 Å². The molecule has 22 heavy (non-hydrogen) atoms. The smallest absolute Gasteiger partial charge is 0.341 e. The van der Waals surface area contributed by atoms with Crippen LogP contribution >= 0.6 is 15.9 Å². The maximum Gasteiger partial charge on any atom is 0.341 e. The van der Waals surface area contributed by atoms with Crippen LogP contribution in [-0.4, -0.2) is 14.2 Å². The Morgan fingerprint density at radius 3 is 2.45 bits per heavy atom. The summed E-state index contributed by atoms with van der Waals surface area (Å²) in [5, 5.41) is 2.79. The third-order valence-electron chi connectivity index (χ3n) is 2.91. The summed E-state index contributed by atoms with van der Waals surface area (Å²) >= 11 is 3.18. The van der Waals surface area contributed by atoms with Gasteiger partial charge in [-0.25, -0.2) is 12.8 Å². The molecule has 1 N–H and O–H groups in total. The fourth-order valence-corrected chi connectivity index (χ4v) is 3.21. The molecule has 0 heterocycles. The van der Waals surface area contributed by atoms with Crippen LogP contribution in [-0.2, 0) is 16.4 Å². The Bertz CT molecular complexity index is 781. The number of hydrogen-bond donors (Lipinski definition) is 1. The van der Waals surface area contributed by atoms with E-state index in [2.05, 4.69) is 21.2 Å². The van der Waals surface area contributed by atoms with Gasteiger partial charge in [0.25, 0.3) is 0 Å². The van der Waals surface area contributed by atoms with Crippen LogP contribution in [0.15, 0.2) is 51.8 Å². The van der Waals surface area contributed by atoms with Crippen molar-refractivity contribution in [2.45, 2.75) is 17.2 Å². The molecule has 0 bridgehead atoms. The molecule has 0 aliphatic carbocycles. The van der Waals surface area contributed by atoms with E-state index >= 15 is 0 Å². The van der Waals surface area contributed by atoms with Gasteiger partial charge in [-0.15, -0.1) is 0 Å². The molecule has 0 aliphatic heterocycles. The molecule has 118 valence electrons. The summed E-state index contributed by atoms with van der Waals surface area (Å²) in [7, 11) is -4.70. The predicted molar refractivity (Wildman–Crippen MR) is 81.1 cm³/mol. The molecule has 8 heteroatoms. The number of nitrogens with one attached hydrogen (secondary N) is 1. The van der Waals surface area contributed by atoms with E-state index < -0.39 is 26.3 Å². The lowest BCUT2D eigenvalue weighted by Gasteiger charge is -2.13. The number of sulfone groups is 1. The molecule has 0 unspecified atom stereocenters. The summed E-state index contributed by atoms with van der Waals surface area (Å²) in [5.41, 5.74) is 0.727. The zero-order valence-electron chi connectivity index (χ0n) is 11.1. The number of rotatable bonds is 5. The van der Waals surface area contributed by atoms with Gasteiger partial charge in [-0.1, -0.05) is 34.1 Å². The van der Waals surface area contributed by atoms with Crippen LogP contribution in [0.25, 0.3) is 0 Å². The zero-order valence-corrected chi connectivity index (χ0v) is 13.5. The second kappa shape index (κ2) is 6.70. The summed E-state index contributed by atoms with van der Waals surface area (Å²) in [6.45, 7) is 0.149. The van der Waals surface area contributed by atoms with Gasteiger partial charge >= 0.3 is 5.76 Å². The van der Waals surface area contributed by atoms with Gasteiger partial charge in [-0.3, -0.25) is 0 Å². The Labute approximate surface area is 134 Å². The molecule has 0 saturated heterocycles. The zero-order chi connectivity index (χ0) is 16.3. The summed E-state index contributed by atoms with van der Waals surface area (Å²) in [6.07, 6.45) is 0. The van der Waals surface area contributed by atoms with Crippen LogP contribution in [0.1, 0.15) is 5.56 Å². The molecule has 0 aliphatic rings. The second-order valence-corrected chi connectivity index (χ2v) is 7.13. The van der Waals surface area contributed by atoms with Gasteiger partial charge in [-0.2, -0.15) is 8.78 Å². The van der Waals surface area contributed by atoms with Crippen LogP contribution < -0.4 is 5.32 Å². The second-order valence-electron chi connectivity index (χ2n) is 4.39. The first-order chi connectivity index (χ1) is 10.3. The van der Waals surface area contributed by atoms with Gasteiger partial charge in [-0.05, 0) is 29.8 Å². The van der Waals surface area contributed by atoms with Crippen LogP contribution in [0.3, 0.4) is 0 Å². The predicted octanol–water partition coefficient (Wildman–Crippen LogP) is 4.20. The van der Waals surface area contributed by atoms with Gasteiger partial charge in [0, 0.05) is 11.0 Å². The van der Waals surface area contributed by atoms with Gasteiger partial charge in [0.05, 0.1) is 10.6 Å². The lowest BCUT2D eigenvalue weighted by atomic mass is 10.2. The Balaban J connectivity index is 2.28. The van der Waals surface area contributed by atoms with Crippen molar-refractivity contribution in [1.29, 1.82) is 0 Å². The monoisotopic (exact) mass is 393 g/mol. The van der Waals surface area contributed by atoms with E-state index in [0.29, 0.717) is 10.0 Å². The molecule has 0 spiro atoms. The number of benzene rings is 2. The third kappa shape index (κ3) is 3.61. The van der Waals surface area contributed by atoms with Gasteiger partial charge in [0.15, 0.2) is 0 Å². The normalized spacial score (nSPS) is 11.7. The van der Waals surface area contributed by atoms with Crippen molar-refractivity contribution >= 4 is 31.5 Å². The highest BCUT2D eigenvalue weighted by molar-refractivity contribution is 9.10. The molecule has 2 aromatic rings. The Morgan fingerprint density at radius 2 is 1.82 bits per heavy atom. The molecule has 0 fully saturated rings. The van der Waals surface area contributed by atoms with E-state index in [9.17, 15) is 21.6 Å². The van der Waals surface area contributed by atoms with E-state index in [0.717, 1.165) is 6.07 Å². The lowest BCUT2D eigenvalue weighted by Crippen LogP contribution is -2.14. The highest BCUT2D eigenvalue weighted by Gasteiger charge is 2.28. The van der Waals surface area contributed by atoms with Crippen LogP contribution in [0, 0.1) is 5.82 Å². The average molecular weight is 394 g/mol. The molecule has 3 nitrogen and oxygen atoms in total. The van der Waals surface area contributed by atoms with Crippen molar-refractivity contribution < 1.29 is 21.6 Å².